The number of carbonyl (C=O) groups is 2. The topological polar surface area (TPSA) is 71.6 Å². The van der Waals surface area contributed by atoms with Gasteiger partial charge in [-0.2, -0.15) is 0 Å². The lowest BCUT2D eigenvalue weighted by Gasteiger charge is -2.48. The number of hydrogen-bond donors (Lipinski definition) is 1. The molecule has 0 bridgehead atoms. The maximum absolute atomic E-state index is 12.6. The van der Waals surface area contributed by atoms with Gasteiger partial charge in [0.1, 0.15) is 0 Å². The van der Waals surface area contributed by atoms with Crippen molar-refractivity contribution in [3.05, 3.63) is 35.5 Å². The number of fused-ring (bicyclic) bond motifs is 2. The molecule has 2 atom stereocenters. The van der Waals surface area contributed by atoms with E-state index >= 15 is 0 Å². The van der Waals surface area contributed by atoms with E-state index < -0.39 is 17.4 Å². The number of carbonyl (C=O) groups excluding carboxylic acids is 2. The molecule has 0 unspecified atom stereocenters. The van der Waals surface area contributed by atoms with Gasteiger partial charge in [-0.3, -0.25) is 9.59 Å². The molecule has 25 heavy (non-hydrogen) atoms. The molecule has 1 aromatic heterocycles. The van der Waals surface area contributed by atoms with E-state index in [0.717, 1.165) is 11.9 Å². The molecule has 0 amide bonds. The van der Waals surface area contributed by atoms with Crippen molar-refractivity contribution in [1.82, 2.24) is 9.88 Å². The Labute approximate surface area is 146 Å². The van der Waals surface area contributed by atoms with Crippen LogP contribution in [0.15, 0.2) is 24.4 Å². The summed E-state index contributed by atoms with van der Waals surface area (Å²) in [6, 6.07) is 6.43. The second kappa shape index (κ2) is 5.59. The van der Waals surface area contributed by atoms with Gasteiger partial charge in [0.2, 0.25) is 0 Å². The molecule has 1 saturated heterocycles. The van der Waals surface area contributed by atoms with E-state index in [1.54, 1.807) is 0 Å². The fourth-order valence-corrected chi connectivity index (χ4v) is 4.79. The first-order chi connectivity index (χ1) is 12.0. The smallest absolute Gasteiger partial charge is 0.324 e. The van der Waals surface area contributed by atoms with Gasteiger partial charge in [0.25, 0.3) is 0 Å². The molecule has 2 aliphatic rings. The third-order valence-corrected chi connectivity index (χ3v) is 5.92. The fraction of sp³-hybridized carbons (Fsp3) is 0.474. The van der Waals surface area contributed by atoms with Crippen molar-refractivity contribution in [1.29, 1.82) is 0 Å². The largest absolute Gasteiger partial charge is 0.468 e. The Balaban J connectivity index is 1.85. The van der Waals surface area contributed by atoms with E-state index in [2.05, 4.69) is 28.2 Å². The maximum atomic E-state index is 12.6. The van der Waals surface area contributed by atoms with Crippen LogP contribution in [-0.4, -0.2) is 55.7 Å². The number of rotatable bonds is 2. The van der Waals surface area contributed by atoms with Crippen LogP contribution in [0.2, 0.25) is 0 Å². The number of benzene rings is 1. The first kappa shape index (κ1) is 16.1. The summed E-state index contributed by atoms with van der Waals surface area (Å²) in [5, 5.41) is 1.22. The quantitative estimate of drug-likeness (QED) is 0.666. The number of nitrogens with zero attached hydrogens (tertiary/aromatic N) is 1. The number of aromatic nitrogens is 1. The van der Waals surface area contributed by atoms with E-state index in [1.165, 1.54) is 30.7 Å². The number of likely N-dealkylation sites (N-methyl/N-ethyl adjacent to an activating group) is 1. The molecule has 1 aromatic carbocycles. The minimum atomic E-state index is -1.28. The lowest BCUT2D eigenvalue weighted by Crippen LogP contribution is -2.59. The SMILES string of the molecule is COC(=O)C1(C(=O)OC)C[C@@H]2c3cccc4[nH]cc(c34)C[C@H]2N(C)C1. The average Bonchev–Trinajstić information content (AvgIpc) is 3.05. The minimum Gasteiger partial charge on any atom is -0.468 e. The summed E-state index contributed by atoms with van der Waals surface area (Å²) in [4.78, 5) is 30.6. The van der Waals surface area contributed by atoms with Crippen LogP contribution in [0.1, 0.15) is 23.5 Å². The molecule has 0 saturated carbocycles. The average molecular weight is 342 g/mol. The van der Waals surface area contributed by atoms with Gasteiger partial charge in [-0.15, -0.1) is 0 Å². The Bertz CT molecular complexity index is 840. The van der Waals surface area contributed by atoms with Crippen molar-refractivity contribution < 1.29 is 19.1 Å². The first-order valence-electron chi connectivity index (χ1n) is 8.48. The van der Waals surface area contributed by atoms with Gasteiger partial charge in [0, 0.05) is 35.6 Å². The standard InChI is InChI=1S/C19H22N2O4/c1-21-10-19(17(22)24-2,18(23)25-3)8-13-12-5-4-6-14-16(12)11(9-20-14)7-15(13)21/h4-6,9,13,15,20H,7-8,10H2,1-3H3/t13-,15-/m1/s1. The number of methoxy groups -OCH3 is 2. The molecule has 6 heteroatoms. The van der Waals surface area contributed by atoms with Crippen LogP contribution in [0.3, 0.4) is 0 Å². The monoisotopic (exact) mass is 342 g/mol. The number of H-pyrrole nitrogens is 1. The van der Waals surface area contributed by atoms with Gasteiger partial charge in [0.15, 0.2) is 5.41 Å². The van der Waals surface area contributed by atoms with Crippen molar-refractivity contribution in [2.24, 2.45) is 5.41 Å². The van der Waals surface area contributed by atoms with Crippen LogP contribution in [0.25, 0.3) is 10.9 Å². The van der Waals surface area contributed by atoms with Crippen molar-refractivity contribution in [2.45, 2.75) is 24.8 Å². The third kappa shape index (κ3) is 2.13. The summed E-state index contributed by atoms with van der Waals surface area (Å²) in [7, 11) is 4.62. The molecular weight excluding hydrogens is 320 g/mol. The van der Waals surface area contributed by atoms with Crippen LogP contribution >= 0.6 is 0 Å². The van der Waals surface area contributed by atoms with Crippen LogP contribution in [0.4, 0.5) is 0 Å². The lowest BCUT2D eigenvalue weighted by atomic mass is 9.66. The zero-order valence-electron chi connectivity index (χ0n) is 14.7. The second-order valence-corrected chi connectivity index (χ2v) is 7.15. The van der Waals surface area contributed by atoms with E-state index in [9.17, 15) is 9.59 Å². The van der Waals surface area contributed by atoms with E-state index in [-0.39, 0.29) is 12.0 Å². The van der Waals surface area contributed by atoms with Crippen molar-refractivity contribution >= 4 is 22.8 Å². The van der Waals surface area contributed by atoms with Crippen LogP contribution in [0, 0.1) is 5.41 Å². The Morgan fingerprint density at radius 2 is 1.96 bits per heavy atom. The van der Waals surface area contributed by atoms with Crippen LogP contribution in [0.5, 0.6) is 0 Å². The van der Waals surface area contributed by atoms with E-state index in [1.807, 2.05) is 13.1 Å². The van der Waals surface area contributed by atoms with Crippen molar-refractivity contribution in [3.8, 4) is 0 Å². The number of aromatic amines is 1. The fourth-order valence-electron chi connectivity index (χ4n) is 4.79. The summed E-state index contributed by atoms with van der Waals surface area (Å²) in [6.07, 6.45) is 3.38. The summed E-state index contributed by atoms with van der Waals surface area (Å²) >= 11 is 0. The Morgan fingerprint density at radius 3 is 2.64 bits per heavy atom. The molecular formula is C19H22N2O4. The summed E-state index contributed by atoms with van der Waals surface area (Å²) < 4.78 is 10.00. The highest BCUT2D eigenvalue weighted by molar-refractivity contribution is 6.01. The summed E-state index contributed by atoms with van der Waals surface area (Å²) in [6.45, 7) is 0.309. The zero-order chi connectivity index (χ0) is 17.8. The van der Waals surface area contributed by atoms with Gasteiger partial charge in [-0.25, -0.2) is 0 Å². The highest BCUT2D eigenvalue weighted by atomic mass is 16.5. The Morgan fingerprint density at radius 1 is 1.24 bits per heavy atom. The van der Waals surface area contributed by atoms with Gasteiger partial charge < -0.3 is 19.4 Å². The molecule has 0 spiro atoms. The van der Waals surface area contributed by atoms with Crippen LogP contribution < -0.4 is 0 Å². The van der Waals surface area contributed by atoms with E-state index in [0.29, 0.717) is 13.0 Å². The summed E-state index contributed by atoms with van der Waals surface area (Å²) in [5.74, 6) is -0.961. The second-order valence-electron chi connectivity index (χ2n) is 7.15. The third-order valence-electron chi connectivity index (χ3n) is 5.92. The van der Waals surface area contributed by atoms with E-state index in [4.69, 9.17) is 9.47 Å². The van der Waals surface area contributed by atoms with Gasteiger partial charge in [-0.1, -0.05) is 12.1 Å². The highest BCUT2D eigenvalue weighted by Crippen LogP contribution is 2.48. The number of hydrogen-bond acceptors (Lipinski definition) is 5. The molecule has 1 aliphatic carbocycles. The van der Waals surface area contributed by atoms with Crippen molar-refractivity contribution in [2.75, 3.05) is 27.8 Å². The maximum Gasteiger partial charge on any atom is 0.324 e. The number of ether oxygens (including phenoxy) is 2. The summed E-state index contributed by atoms with van der Waals surface area (Å²) in [5.41, 5.74) is 2.30. The molecule has 1 fully saturated rings. The molecule has 6 nitrogen and oxygen atoms in total. The molecule has 132 valence electrons. The molecule has 2 heterocycles. The Kier molecular flexibility index (Phi) is 3.61. The van der Waals surface area contributed by atoms with Gasteiger partial charge in [0.05, 0.1) is 14.2 Å². The predicted octanol–water partition coefficient (Wildman–Crippen LogP) is 1.84. The Hall–Kier alpha value is -2.34. The number of esters is 2. The van der Waals surface area contributed by atoms with Crippen molar-refractivity contribution in [3.63, 3.8) is 0 Å². The lowest BCUT2D eigenvalue weighted by molar-refractivity contribution is -0.175. The van der Waals surface area contributed by atoms with Crippen LogP contribution in [-0.2, 0) is 25.5 Å². The first-order valence-corrected chi connectivity index (χ1v) is 8.48. The number of piperidine rings is 1. The minimum absolute atomic E-state index is 0.0731. The molecule has 4 rings (SSSR count). The molecule has 0 radical (unpaired) electrons. The molecule has 1 aliphatic heterocycles. The number of nitrogens with one attached hydrogen (secondary N) is 1. The molecule has 2 aromatic rings. The van der Waals surface area contributed by atoms with Gasteiger partial charge in [-0.05, 0) is 37.1 Å². The predicted molar refractivity (Wildman–Crippen MR) is 92.2 cm³/mol. The molecule has 1 N–H and O–H groups in total. The number of likely N-dealkylation sites (tertiary alicyclic amines) is 1. The van der Waals surface area contributed by atoms with Gasteiger partial charge >= 0.3 is 11.9 Å². The highest BCUT2D eigenvalue weighted by Gasteiger charge is 2.56. The zero-order valence-corrected chi connectivity index (χ0v) is 14.7. The normalized spacial score (nSPS) is 24.6.